The van der Waals surface area contributed by atoms with Crippen molar-refractivity contribution < 1.29 is 19.8 Å². The number of anilines is 3. The Morgan fingerprint density at radius 1 is 1.06 bits per heavy atom. The molecular weight excluding hydrogens is 508 g/mol. The van der Waals surface area contributed by atoms with Crippen molar-refractivity contribution in [3.8, 4) is 0 Å². The third-order valence-corrected chi connectivity index (χ3v) is 6.80. The van der Waals surface area contributed by atoms with E-state index in [0.29, 0.717) is 23.4 Å². The smallest absolute Gasteiger partial charge is 0.264 e. The maximum Gasteiger partial charge on any atom is 0.264 e. The van der Waals surface area contributed by atoms with E-state index in [1.807, 2.05) is 66.7 Å². The summed E-state index contributed by atoms with van der Waals surface area (Å²) in [6.45, 7) is 2.08. The van der Waals surface area contributed by atoms with E-state index in [-0.39, 0.29) is 13.2 Å². The molecule has 7 heteroatoms. The summed E-state index contributed by atoms with van der Waals surface area (Å²) >= 11 is 3.46. The van der Waals surface area contributed by atoms with Crippen LogP contribution in [0.5, 0.6) is 0 Å². The first kappa shape index (κ1) is 24.9. The van der Waals surface area contributed by atoms with Crippen LogP contribution < -0.4 is 9.80 Å². The van der Waals surface area contributed by atoms with E-state index in [4.69, 9.17) is 5.11 Å². The topological polar surface area (TPSA) is 81.1 Å². The van der Waals surface area contributed by atoms with Gasteiger partial charge in [-0.15, -0.1) is 0 Å². The molecule has 180 valence electrons. The number of para-hydroxylation sites is 1. The lowest BCUT2D eigenvalue weighted by molar-refractivity contribution is -0.139. The number of amides is 2. The number of nitrogens with zero attached hydrogens (tertiary/aromatic N) is 2. The van der Waals surface area contributed by atoms with Crippen LogP contribution in [0.1, 0.15) is 24.5 Å². The Balaban J connectivity index is 1.62. The maximum atomic E-state index is 13.6. The van der Waals surface area contributed by atoms with E-state index in [2.05, 4.69) is 15.9 Å². The van der Waals surface area contributed by atoms with E-state index < -0.39 is 17.4 Å². The molecule has 0 bridgehead atoms. The fourth-order valence-corrected chi connectivity index (χ4v) is 4.76. The molecule has 3 aromatic carbocycles. The van der Waals surface area contributed by atoms with Gasteiger partial charge in [0.05, 0.1) is 12.2 Å². The molecule has 6 nitrogen and oxygen atoms in total. The lowest BCUT2D eigenvalue weighted by Gasteiger charge is -2.28. The minimum atomic E-state index is -1.72. The van der Waals surface area contributed by atoms with Crippen molar-refractivity contribution in [3.05, 3.63) is 101 Å². The number of hydrogen-bond acceptors (Lipinski definition) is 4. The Morgan fingerprint density at radius 3 is 2.40 bits per heavy atom. The minimum Gasteiger partial charge on any atom is -0.396 e. The van der Waals surface area contributed by atoms with Crippen LogP contribution in [0, 0.1) is 5.92 Å². The average Bonchev–Trinajstić information content (AvgIpc) is 3.08. The van der Waals surface area contributed by atoms with Crippen LogP contribution in [0.2, 0.25) is 0 Å². The van der Waals surface area contributed by atoms with Crippen molar-refractivity contribution in [2.45, 2.75) is 25.5 Å². The molecule has 0 saturated heterocycles. The number of rotatable bonds is 9. The number of carbonyl (C=O) groups is 2. The number of fused-ring (bicyclic) bond motifs is 1. The highest BCUT2D eigenvalue weighted by Gasteiger charge is 2.52. The highest BCUT2D eigenvalue weighted by Crippen LogP contribution is 2.46. The average molecular weight is 535 g/mol. The van der Waals surface area contributed by atoms with E-state index in [1.165, 1.54) is 0 Å². The fourth-order valence-electron chi connectivity index (χ4n) is 4.39. The number of aliphatic hydroxyl groups excluding tert-OH is 1. The van der Waals surface area contributed by atoms with Gasteiger partial charge in [0, 0.05) is 33.9 Å². The second-order valence-corrected chi connectivity index (χ2v) is 9.44. The molecule has 35 heavy (non-hydrogen) atoms. The molecule has 0 spiro atoms. The molecule has 4 rings (SSSR count). The molecule has 1 aliphatic heterocycles. The molecule has 2 N–H and O–H groups in total. The predicted octanol–water partition coefficient (Wildman–Crippen LogP) is 5.05. The van der Waals surface area contributed by atoms with Crippen molar-refractivity contribution in [2.75, 3.05) is 16.4 Å². The van der Waals surface area contributed by atoms with Crippen molar-refractivity contribution >= 4 is 45.3 Å². The number of hydrogen-bond donors (Lipinski definition) is 2. The molecule has 1 aliphatic rings. The van der Waals surface area contributed by atoms with Crippen molar-refractivity contribution in [3.63, 3.8) is 0 Å². The molecule has 3 aromatic rings. The van der Waals surface area contributed by atoms with Crippen LogP contribution in [0.25, 0.3) is 0 Å². The summed E-state index contributed by atoms with van der Waals surface area (Å²) in [5.74, 6) is -0.886. The van der Waals surface area contributed by atoms with Crippen molar-refractivity contribution in [1.29, 1.82) is 0 Å². The molecule has 0 unspecified atom stereocenters. The molecule has 2 atom stereocenters. The molecule has 0 fully saturated rings. The summed E-state index contributed by atoms with van der Waals surface area (Å²) in [4.78, 5) is 28.5. The molecule has 0 aliphatic carbocycles. The second kappa shape index (κ2) is 10.6. The van der Waals surface area contributed by atoms with Crippen LogP contribution in [-0.4, -0.2) is 29.1 Å². The van der Waals surface area contributed by atoms with Crippen molar-refractivity contribution in [2.24, 2.45) is 5.92 Å². The Kier molecular flexibility index (Phi) is 7.50. The summed E-state index contributed by atoms with van der Waals surface area (Å²) in [6.07, 6.45) is 4.78. The van der Waals surface area contributed by atoms with Crippen LogP contribution in [0.15, 0.2) is 89.4 Å². The monoisotopic (exact) mass is 534 g/mol. The lowest BCUT2D eigenvalue weighted by Crippen LogP contribution is -2.44. The molecule has 1 heterocycles. The quantitative estimate of drug-likeness (QED) is 0.297. The fraction of sp³-hybridized carbons (Fsp3) is 0.214. The molecule has 2 amide bonds. The zero-order valence-corrected chi connectivity index (χ0v) is 20.9. The van der Waals surface area contributed by atoms with Crippen LogP contribution in [-0.2, 0) is 21.7 Å². The molecule has 0 saturated carbocycles. The lowest BCUT2D eigenvalue weighted by atomic mass is 9.83. The van der Waals surface area contributed by atoms with Crippen LogP contribution >= 0.6 is 15.9 Å². The SMILES string of the molecule is C[C@@H](/C=C/CCO)[C@]1(O)C(=O)N(Cc2ccc(N(C=O)c3ccccc3)cc2)c2ccc(Br)cc21. The Labute approximate surface area is 213 Å². The van der Waals surface area contributed by atoms with E-state index in [9.17, 15) is 14.7 Å². The third-order valence-electron chi connectivity index (χ3n) is 6.31. The van der Waals surface area contributed by atoms with Gasteiger partial charge in [0.1, 0.15) is 0 Å². The van der Waals surface area contributed by atoms with Gasteiger partial charge >= 0.3 is 0 Å². The molecular formula is C28H27BrN2O4. The van der Waals surface area contributed by atoms with Gasteiger partial charge in [-0.25, -0.2) is 0 Å². The number of carbonyl (C=O) groups excluding carboxylic acids is 2. The Bertz CT molecular complexity index is 1230. The van der Waals surface area contributed by atoms with E-state index >= 15 is 0 Å². The highest BCUT2D eigenvalue weighted by atomic mass is 79.9. The van der Waals surface area contributed by atoms with Gasteiger partial charge in [-0.3, -0.25) is 14.5 Å². The van der Waals surface area contributed by atoms with E-state index in [0.717, 1.165) is 22.1 Å². The van der Waals surface area contributed by atoms with Crippen LogP contribution in [0.4, 0.5) is 17.1 Å². The van der Waals surface area contributed by atoms with Crippen LogP contribution in [0.3, 0.4) is 0 Å². The Hall–Kier alpha value is -3.26. The third kappa shape index (κ3) is 4.80. The summed E-state index contributed by atoms with van der Waals surface area (Å²) in [7, 11) is 0. The second-order valence-electron chi connectivity index (χ2n) is 8.53. The number of halogens is 1. The van der Waals surface area contributed by atoms with E-state index in [1.54, 1.807) is 34.9 Å². The zero-order valence-electron chi connectivity index (χ0n) is 19.3. The Morgan fingerprint density at radius 2 is 1.74 bits per heavy atom. The number of aliphatic hydroxyl groups is 2. The first-order valence-electron chi connectivity index (χ1n) is 11.4. The molecule has 0 radical (unpaired) electrons. The van der Waals surface area contributed by atoms with Gasteiger partial charge in [0.15, 0.2) is 5.60 Å². The van der Waals surface area contributed by atoms with Gasteiger partial charge < -0.3 is 15.1 Å². The summed E-state index contributed by atoms with van der Waals surface area (Å²) < 4.78 is 0.773. The first-order valence-corrected chi connectivity index (χ1v) is 12.2. The molecule has 0 aromatic heterocycles. The highest BCUT2D eigenvalue weighted by molar-refractivity contribution is 9.10. The summed E-state index contributed by atoms with van der Waals surface area (Å²) in [5, 5.41) is 20.7. The summed E-state index contributed by atoms with van der Waals surface area (Å²) in [6, 6.07) is 22.3. The maximum absolute atomic E-state index is 13.6. The summed E-state index contributed by atoms with van der Waals surface area (Å²) in [5.41, 5.74) is 1.83. The van der Waals surface area contributed by atoms with Crippen molar-refractivity contribution in [1.82, 2.24) is 0 Å². The first-order chi connectivity index (χ1) is 16.9. The van der Waals surface area contributed by atoms with Gasteiger partial charge in [-0.05, 0) is 54.4 Å². The van der Waals surface area contributed by atoms with Gasteiger partial charge in [-0.2, -0.15) is 0 Å². The predicted molar refractivity (Wildman–Crippen MR) is 140 cm³/mol. The van der Waals surface area contributed by atoms with Gasteiger partial charge in [-0.1, -0.05) is 65.3 Å². The largest absolute Gasteiger partial charge is 0.396 e. The standard InChI is InChI=1S/C28H27BrN2O4/c1-20(7-5-6-16-32)28(35)25-17-22(29)12-15-26(25)30(27(28)34)18-21-10-13-24(14-11-21)31(19-33)23-8-3-2-4-9-23/h2-5,7-15,17,19-20,32,35H,6,16,18H2,1H3/b7-5+/t20-,28+/m0/s1. The normalized spacial score (nSPS) is 18.1. The number of benzene rings is 3. The zero-order chi connectivity index (χ0) is 25.0. The minimum absolute atomic E-state index is 0.00561. The van der Waals surface area contributed by atoms with Gasteiger partial charge in [0.25, 0.3) is 5.91 Å². The van der Waals surface area contributed by atoms with Gasteiger partial charge in [0.2, 0.25) is 6.41 Å².